The zero-order valence-corrected chi connectivity index (χ0v) is 9.67. The van der Waals surface area contributed by atoms with Crippen LogP contribution in [0, 0.1) is 0 Å². The molecule has 78 valence electrons. The lowest BCUT2D eigenvalue weighted by Crippen LogP contribution is -2.27. The van der Waals surface area contributed by atoms with Gasteiger partial charge in [-0.25, -0.2) is 4.79 Å². The van der Waals surface area contributed by atoms with Crippen LogP contribution < -0.4 is 5.43 Å². The fourth-order valence-electron chi connectivity index (χ4n) is 1.44. The summed E-state index contributed by atoms with van der Waals surface area (Å²) in [6.45, 7) is 0.628. The van der Waals surface area contributed by atoms with Gasteiger partial charge in [0.15, 0.2) is 5.71 Å². The highest BCUT2D eigenvalue weighted by Crippen LogP contribution is 2.20. The Morgan fingerprint density at radius 3 is 3.13 bits per heavy atom. The molecule has 15 heavy (non-hydrogen) atoms. The summed E-state index contributed by atoms with van der Waals surface area (Å²) in [6, 6.07) is 5.75. The van der Waals surface area contributed by atoms with Crippen molar-refractivity contribution < 1.29 is 9.53 Å². The molecule has 0 unspecified atom stereocenters. The Labute approximate surface area is 95.4 Å². The quantitative estimate of drug-likeness (QED) is 0.784. The first kappa shape index (κ1) is 10.2. The smallest absolute Gasteiger partial charge is 0.359 e. The van der Waals surface area contributed by atoms with Crippen LogP contribution in [0.2, 0.25) is 0 Å². The number of esters is 1. The van der Waals surface area contributed by atoms with Crippen LogP contribution in [0.1, 0.15) is 11.1 Å². The van der Waals surface area contributed by atoms with Gasteiger partial charge in [-0.15, -0.1) is 0 Å². The highest BCUT2D eigenvalue weighted by atomic mass is 79.9. The van der Waals surface area contributed by atoms with Gasteiger partial charge < -0.3 is 10.2 Å². The second-order valence-electron chi connectivity index (χ2n) is 3.09. The van der Waals surface area contributed by atoms with Gasteiger partial charge in [-0.2, -0.15) is 5.10 Å². The van der Waals surface area contributed by atoms with Gasteiger partial charge in [-0.3, -0.25) is 0 Å². The van der Waals surface area contributed by atoms with Gasteiger partial charge in [0.05, 0.1) is 13.7 Å². The molecule has 4 nitrogen and oxygen atoms in total. The lowest BCUT2D eigenvalue weighted by Gasteiger charge is -2.16. The molecular formula is C10H9BrN2O2. The maximum absolute atomic E-state index is 11.4. The van der Waals surface area contributed by atoms with Crippen LogP contribution in [0.15, 0.2) is 27.8 Å². The lowest BCUT2D eigenvalue weighted by atomic mass is 10.0. The highest BCUT2D eigenvalue weighted by molar-refractivity contribution is 9.10. The third-order valence-corrected chi connectivity index (χ3v) is 2.66. The fourth-order valence-corrected chi connectivity index (χ4v) is 1.80. The molecule has 1 aliphatic rings. The first-order chi connectivity index (χ1) is 7.22. The van der Waals surface area contributed by atoms with Crippen molar-refractivity contribution in [3.8, 4) is 0 Å². The molecule has 1 heterocycles. The summed E-state index contributed by atoms with van der Waals surface area (Å²) >= 11 is 3.36. The van der Waals surface area contributed by atoms with E-state index in [0.717, 1.165) is 15.6 Å². The van der Waals surface area contributed by atoms with Crippen LogP contribution in [0.4, 0.5) is 0 Å². The Morgan fingerprint density at radius 1 is 1.60 bits per heavy atom. The van der Waals surface area contributed by atoms with E-state index >= 15 is 0 Å². The number of hydrogen-bond acceptors (Lipinski definition) is 4. The van der Waals surface area contributed by atoms with Gasteiger partial charge in [0, 0.05) is 10.0 Å². The van der Waals surface area contributed by atoms with Crippen LogP contribution in [0.25, 0.3) is 0 Å². The third-order valence-electron chi connectivity index (χ3n) is 2.17. The minimum absolute atomic E-state index is 0.319. The van der Waals surface area contributed by atoms with Crippen LogP contribution in [0.3, 0.4) is 0 Å². The molecule has 0 aliphatic carbocycles. The van der Waals surface area contributed by atoms with Crippen LogP contribution in [-0.2, 0) is 16.1 Å². The predicted molar refractivity (Wildman–Crippen MR) is 59.5 cm³/mol. The Balaban J connectivity index is 2.49. The molecule has 0 atom stereocenters. The van der Waals surface area contributed by atoms with E-state index in [2.05, 4.69) is 31.2 Å². The second-order valence-corrected chi connectivity index (χ2v) is 4.00. The van der Waals surface area contributed by atoms with Crippen molar-refractivity contribution >= 4 is 27.6 Å². The highest BCUT2D eigenvalue weighted by Gasteiger charge is 2.21. The molecule has 2 rings (SSSR count). The van der Waals surface area contributed by atoms with E-state index in [4.69, 9.17) is 0 Å². The Kier molecular flexibility index (Phi) is 2.73. The van der Waals surface area contributed by atoms with Gasteiger partial charge in [-0.1, -0.05) is 22.0 Å². The Bertz CT molecular complexity index is 443. The Hall–Kier alpha value is -1.36. The number of carbonyl (C=O) groups is 1. The van der Waals surface area contributed by atoms with E-state index in [-0.39, 0.29) is 0 Å². The Morgan fingerprint density at radius 2 is 2.40 bits per heavy atom. The van der Waals surface area contributed by atoms with E-state index in [1.54, 1.807) is 0 Å². The SMILES string of the molecule is COC(=O)C1=NNCc2ccc(Br)cc21. The molecule has 1 aromatic rings. The molecule has 0 fully saturated rings. The van der Waals surface area contributed by atoms with Crippen molar-refractivity contribution in [2.75, 3.05) is 7.11 Å². The number of hydrazone groups is 1. The molecule has 0 aromatic heterocycles. The van der Waals surface area contributed by atoms with Crippen LogP contribution >= 0.6 is 15.9 Å². The monoisotopic (exact) mass is 268 g/mol. The normalized spacial score (nSPS) is 13.6. The van der Waals surface area contributed by atoms with Crippen molar-refractivity contribution in [2.45, 2.75) is 6.54 Å². The average molecular weight is 269 g/mol. The first-order valence-corrected chi connectivity index (χ1v) is 5.19. The molecule has 5 heteroatoms. The number of rotatable bonds is 1. The van der Waals surface area contributed by atoms with E-state index < -0.39 is 5.97 Å². The van der Waals surface area contributed by atoms with E-state index in [0.29, 0.717) is 12.3 Å². The molecule has 0 saturated carbocycles. The summed E-state index contributed by atoms with van der Waals surface area (Å²) in [5.41, 5.74) is 4.97. The number of hydrogen-bond donors (Lipinski definition) is 1. The van der Waals surface area contributed by atoms with E-state index in [1.165, 1.54) is 7.11 Å². The molecule has 1 aromatic carbocycles. The minimum atomic E-state index is -0.429. The zero-order chi connectivity index (χ0) is 10.8. The molecule has 1 N–H and O–H groups in total. The topological polar surface area (TPSA) is 50.7 Å². The summed E-state index contributed by atoms with van der Waals surface area (Å²) in [4.78, 5) is 11.4. The van der Waals surface area contributed by atoms with Crippen molar-refractivity contribution in [1.82, 2.24) is 5.43 Å². The van der Waals surface area contributed by atoms with Crippen molar-refractivity contribution in [3.05, 3.63) is 33.8 Å². The first-order valence-electron chi connectivity index (χ1n) is 4.40. The van der Waals surface area contributed by atoms with Gasteiger partial charge in [0.2, 0.25) is 0 Å². The second kappa shape index (κ2) is 4.02. The van der Waals surface area contributed by atoms with Crippen molar-refractivity contribution in [1.29, 1.82) is 0 Å². The van der Waals surface area contributed by atoms with Crippen molar-refractivity contribution in [3.63, 3.8) is 0 Å². The summed E-state index contributed by atoms with van der Waals surface area (Å²) in [5.74, 6) is -0.429. The number of halogens is 1. The number of nitrogens with one attached hydrogen (secondary N) is 1. The summed E-state index contributed by atoms with van der Waals surface area (Å²) in [6.07, 6.45) is 0. The van der Waals surface area contributed by atoms with E-state index in [1.807, 2.05) is 18.2 Å². The summed E-state index contributed by atoms with van der Waals surface area (Å²) in [7, 11) is 1.34. The fraction of sp³-hybridized carbons (Fsp3) is 0.200. The number of carbonyl (C=O) groups excluding carboxylic acids is 1. The standard InChI is InChI=1S/C10H9BrN2O2/c1-15-10(14)9-8-4-7(11)3-2-6(8)5-12-13-9/h2-4,12H,5H2,1H3. The van der Waals surface area contributed by atoms with Crippen LogP contribution in [0.5, 0.6) is 0 Å². The lowest BCUT2D eigenvalue weighted by molar-refractivity contribution is -0.132. The van der Waals surface area contributed by atoms with Crippen LogP contribution in [-0.4, -0.2) is 18.8 Å². The largest absolute Gasteiger partial charge is 0.464 e. The zero-order valence-electron chi connectivity index (χ0n) is 8.08. The maximum Gasteiger partial charge on any atom is 0.359 e. The molecule has 0 bridgehead atoms. The summed E-state index contributed by atoms with van der Waals surface area (Å²) in [5, 5.41) is 3.95. The number of benzene rings is 1. The molecule has 0 spiro atoms. The third kappa shape index (κ3) is 1.87. The maximum atomic E-state index is 11.4. The number of nitrogens with zero attached hydrogens (tertiary/aromatic N) is 1. The van der Waals surface area contributed by atoms with Gasteiger partial charge in [-0.05, 0) is 17.7 Å². The minimum Gasteiger partial charge on any atom is -0.464 e. The molecule has 0 saturated heterocycles. The van der Waals surface area contributed by atoms with Gasteiger partial charge in [0.1, 0.15) is 0 Å². The molecular weight excluding hydrogens is 260 g/mol. The number of methoxy groups -OCH3 is 1. The molecule has 1 aliphatic heterocycles. The molecule has 0 radical (unpaired) electrons. The average Bonchev–Trinajstić information content (AvgIpc) is 2.27. The number of fused-ring (bicyclic) bond motifs is 1. The summed E-state index contributed by atoms with van der Waals surface area (Å²) < 4.78 is 5.58. The van der Waals surface area contributed by atoms with E-state index in [9.17, 15) is 4.79 Å². The van der Waals surface area contributed by atoms with Gasteiger partial charge >= 0.3 is 5.97 Å². The number of ether oxygens (including phenoxy) is 1. The predicted octanol–water partition coefficient (Wildman–Crippen LogP) is 1.43. The van der Waals surface area contributed by atoms with Gasteiger partial charge in [0.25, 0.3) is 0 Å². The van der Waals surface area contributed by atoms with Crippen molar-refractivity contribution in [2.24, 2.45) is 5.10 Å². The molecule has 0 amide bonds.